The Balaban J connectivity index is 3.08. The fourth-order valence-electron chi connectivity index (χ4n) is 2.00. The van der Waals surface area contributed by atoms with E-state index in [0.717, 1.165) is 6.07 Å². The maximum atomic E-state index is 12.8. The Kier molecular flexibility index (Phi) is 5.54. The predicted molar refractivity (Wildman–Crippen MR) is 72.0 cm³/mol. The van der Waals surface area contributed by atoms with Crippen molar-refractivity contribution in [1.29, 1.82) is 0 Å². The van der Waals surface area contributed by atoms with Gasteiger partial charge in [-0.25, -0.2) is 0 Å². The number of anilines is 1. The second kappa shape index (κ2) is 6.75. The Hall–Kier alpha value is -1.83. The van der Waals surface area contributed by atoms with E-state index in [9.17, 15) is 28.4 Å². The van der Waals surface area contributed by atoms with Crippen molar-refractivity contribution >= 4 is 11.4 Å². The Morgan fingerprint density at radius 2 is 2.00 bits per heavy atom. The molecule has 0 bridgehead atoms. The second-order valence-electron chi connectivity index (χ2n) is 5.14. The molecule has 0 aliphatic heterocycles. The van der Waals surface area contributed by atoms with Crippen LogP contribution in [0, 0.1) is 16.0 Å². The highest BCUT2D eigenvalue weighted by Gasteiger charge is 2.38. The third-order valence-electron chi connectivity index (χ3n) is 2.85. The highest BCUT2D eigenvalue weighted by Crippen LogP contribution is 2.37. The maximum absolute atomic E-state index is 12.8. The molecule has 0 radical (unpaired) electrons. The molecule has 0 amide bonds. The summed E-state index contributed by atoms with van der Waals surface area (Å²) in [5, 5.41) is 22.6. The molecule has 1 atom stereocenters. The monoisotopic (exact) mass is 306 g/mol. The van der Waals surface area contributed by atoms with E-state index in [0.29, 0.717) is 12.5 Å². The molecule has 0 fully saturated rings. The largest absolute Gasteiger partial charge is 0.423 e. The molecule has 2 N–H and O–H groups in total. The van der Waals surface area contributed by atoms with Gasteiger partial charge in [-0.15, -0.1) is 0 Å². The van der Waals surface area contributed by atoms with Crippen LogP contribution in [0.1, 0.15) is 25.8 Å². The van der Waals surface area contributed by atoms with Gasteiger partial charge in [-0.05, 0) is 24.5 Å². The van der Waals surface area contributed by atoms with Crippen LogP contribution in [0.5, 0.6) is 0 Å². The first-order valence-electron chi connectivity index (χ1n) is 6.38. The van der Waals surface area contributed by atoms with E-state index < -0.39 is 28.4 Å². The van der Waals surface area contributed by atoms with Gasteiger partial charge in [0.05, 0.1) is 11.5 Å². The van der Waals surface area contributed by atoms with Gasteiger partial charge in [0.1, 0.15) is 5.56 Å². The molecule has 1 rings (SSSR count). The number of nitro groups is 1. The van der Waals surface area contributed by atoms with Gasteiger partial charge < -0.3 is 10.4 Å². The van der Waals surface area contributed by atoms with Crippen molar-refractivity contribution in [2.24, 2.45) is 5.92 Å². The number of hydrogen-bond donors (Lipinski definition) is 2. The second-order valence-corrected chi connectivity index (χ2v) is 5.14. The van der Waals surface area contributed by atoms with E-state index >= 15 is 0 Å². The van der Waals surface area contributed by atoms with Crippen LogP contribution in [0.4, 0.5) is 24.5 Å². The highest BCUT2D eigenvalue weighted by molar-refractivity contribution is 5.55. The Labute approximate surface area is 119 Å². The van der Waals surface area contributed by atoms with Crippen LogP contribution in [-0.2, 0) is 6.18 Å². The average Bonchev–Trinajstić information content (AvgIpc) is 2.36. The molecular weight excluding hydrogens is 289 g/mol. The summed E-state index contributed by atoms with van der Waals surface area (Å²) in [5.74, 6) is 0.245. The molecule has 5 nitrogen and oxygen atoms in total. The van der Waals surface area contributed by atoms with Crippen molar-refractivity contribution in [2.75, 3.05) is 11.9 Å². The first kappa shape index (κ1) is 17.2. The van der Waals surface area contributed by atoms with E-state index in [1.54, 1.807) is 0 Å². The third-order valence-corrected chi connectivity index (χ3v) is 2.85. The SMILES string of the molecule is CC(C)CC(CO)Nc1ccc([N+](=O)[O-])c(C(F)(F)F)c1. The first-order valence-corrected chi connectivity index (χ1v) is 6.38. The summed E-state index contributed by atoms with van der Waals surface area (Å²) in [6.45, 7) is 3.60. The maximum Gasteiger partial charge on any atom is 0.423 e. The van der Waals surface area contributed by atoms with Crippen molar-refractivity contribution in [1.82, 2.24) is 0 Å². The number of aliphatic hydroxyl groups is 1. The fourth-order valence-corrected chi connectivity index (χ4v) is 2.00. The molecule has 0 spiro atoms. The number of alkyl halides is 3. The zero-order valence-electron chi connectivity index (χ0n) is 11.6. The van der Waals surface area contributed by atoms with Crippen molar-refractivity contribution in [3.8, 4) is 0 Å². The van der Waals surface area contributed by atoms with Gasteiger partial charge in [0.25, 0.3) is 5.69 Å². The molecule has 0 aliphatic rings. The summed E-state index contributed by atoms with van der Waals surface area (Å²) >= 11 is 0. The number of nitro benzene ring substituents is 1. The molecule has 0 aliphatic carbocycles. The lowest BCUT2D eigenvalue weighted by Gasteiger charge is -2.20. The Morgan fingerprint density at radius 1 is 1.38 bits per heavy atom. The quantitative estimate of drug-likeness (QED) is 0.623. The molecule has 0 saturated heterocycles. The molecular formula is C13H17F3N2O3. The first-order chi connectivity index (χ1) is 9.65. The summed E-state index contributed by atoms with van der Waals surface area (Å²) in [4.78, 5) is 9.58. The van der Waals surface area contributed by atoms with Gasteiger partial charge >= 0.3 is 6.18 Å². The van der Waals surface area contributed by atoms with E-state index in [-0.39, 0.29) is 18.2 Å². The summed E-state index contributed by atoms with van der Waals surface area (Å²) < 4.78 is 38.5. The molecule has 1 unspecified atom stereocenters. The van der Waals surface area contributed by atoms with E-state index in [1.165, 1.54) is 6.07 Å². The summed E-state index contributed by atoms with van der Waals surface area (Å²) in [6, 6.07) is 2.31. The molecule has 0 heterocycles. The normalized spacial score (nSPS) is 13.3. The van der Waals surface area contributed by atoms with Gasteiger partial charge in [-0.3, -0.25) is 10.1 Å². The van der Waals surface area contributed by atoms with Gasteiger partial charge in [0.2, 0.25) is 0 Å². The van der Waals surface area contributed by atoms with Crippen LogP contribution in [0.25, 0.3) is 0 Å². The lowest BCUT2D eigenvalue weighted by molar-refractivity contribution is -0.388. The summed E-state index contributed by atoms with van der Waals surface area (Å²) in [5.41, 5.74) is -2.20. The molecule has 118 valence electrons. The third kappa shape index (κ3) is 4.89. The molecule has 1 aromatic carbocycles. The number of hydrogen-bond acceptors (Lipinski definition) is 4. The number of benzene rings is 1. The fraction of sp³-hybridized carbons (Fsp3) is 0.538. The number of nitrogens with one attached hydrogen (secondary N) is 1. The van der Waals surface area contributed by atoms with Gasteiger partial charge in [-0.1, -0.05) is 13.8 Å². The van der Waals surface area contributed by atoms with Crippen molar-refractivity contribution < 1.29 is 23.2 Å². The van der Waals surface area contributed by atoms with Crippen molar-refractivity contribution in [3.63, 3.8) is 0 Å². The van der Waals surface area contributed by atoms with E-state index in [2.05, 4.69) is 5.32 Å². The topological polar surface area (TPSA) is 75.4 Å². The molecule has 1 aromatic rings. The Morgan fingerprint density at radius 3 is 2.43 bits per heavy atom. The lowest BCUT2D eigenvalue weighted by Crippen LogP contribution is -2.25. The highest BCUT2D eigenvalue weighted by atomic mass is 19.4. The number of nitrogens with zero attached hydrogens (tertiary/aromatic N) is 1. The summed E-state index contributed by atoms with van der Waals surface area (Å²) in [7, 11) is 0. The van der Waals surface area contributed by atoms with Gasteiger partial charge in [0.15, 0.2) is 0 Å². The van der Waals surface area contributed by atoms with E-state index in [4.69, 9.17) is 0 Å². The van der Waals surface area contributed by atoms with Gasteiger partial charge in [-0.2, -0.15) is 13.2 Å². The zero-order valence-corrected chi connectivity index (χ0v) is 11.6. The number of aliphatic hydroxyl groups excluding tert-OH is 1. The average molecular weight is 306 g/mol. The minimum Gasteiger partial charge on any atom is -0.394 e. The van der Waals surface area contributed by atoms with Crippen LogP contribution >= 0.6 is 0 Å². The predicted octanol–water partition coefficient (Wildman–Crippen LogP) is 3.43. The lowest BCUT2D eigenvalue weighted by atomic mass is 10.0. The standard InChI is InChI=1S/C13H17F3N2O3/c1-8(2)5-10(7-19)17-9-3-4-12(18(20)21)11(6-9)13(14,15)16/h3-4,6,8,10,17,19H,5,7H2,1-2H3. The number of halogens is 3. The zero-order chi connectivity index (χ0) is 16.2. The van der Waals surface area contributed by atoms with Crippen molar-refractivity contribution in [3.05, 3.63) is 33.9 Å². The smallest absolute Gasteiger partial charge is 0.394 e. The van der Waals surface area contributed by atoms with Crippen LogP contribution in [0.15, 0.2) is 18.2 Å². The molecule has 0 aromatic heterocycles. The number of rotatable bonds is 6. The van der Waals surface area contributed by atoms with Crippen LogP contribution in [0.3, 0.4) is 0 Å². The minimum absolute atomic E-state index is 0.0904. The summed E-state index contributed by atoms with van der Waals surface area (Å²) in [6.07, 6.45) is -4.25. The molecule has 21 heavy (non-hydrogen) atoms. The van der Waals surface area contributed by atoms with E-state index in [1.807, 2.05) is 13.8 Å². The van der Waals surface area contributed by atoms with Crippen LogP contribution < -0.4 is 5.32 Å². The van der Waals surface area contributed by atoms with Crippen molar-refractivity contribution in [2.45, 2.75) is 32.5 Å². The molecule has 0 saturated carbocycles. The minimum atomic E-state index is -4.81. The Bertz CT molecular complexity index is 504. The van der Waals surface area contributed by atoms with Crippen LogP contribution in [0.2, 0.25) is 0 Å². The van der Waals surface area contributed by atoms with Crippen LogP contribution in [-0.4, -0.2) is 22.7 Å². The molecule has 8 heteroatoms. The van der Waals surface area contributed by atoms with Gasteiger partial charge in [0, 0.05) is 17.8 Å².